The molecule has 0 aliphatic carbocycles. The van der Waals surface area contributed by atoms with Gasteiger partial charge in [-0.1, -0.05) is 0 Å². The molecule has 0 aromatic heterocycles. The van der Waals surface area contributed by atoms with Gasteiger partial charge >= 0.3 is 0 Å². The molecule has 2 heterocycles. The van der Waals surface area contributed by atoms with Gasteiger partial charge in [0.05, 0.1) is 0 Å². The van der Waals surface area contributed by atoms with Gasteiger partial charge in [0.1, 0.15) is 0 Å². The van der Waals surface area contributed by atoms with E-state index >= 15 is 0 Å². The van der Waals surface area contributed by atoms with Gasteiger partial charge in [0.15, 0.2) is 0 Å². The first-order chi connectivity index (χ1) is 11.6. The molecule has 4 heteroatoms. The number of hydrogen-bond acceptors (Lipinski definition) is 4. The number of nitrogens with zero attached hydrogens (tertiary/aromatic N) is 2. The largest absolute Gasteiger partial charge is 0.307 e. The molecule has 2 aliphatic rings. The summed E-state index contributed by atoms with van der Waals surface area (Å²) < 4.78 is 0. The summed E-state index contributed by atoms with van der Waals surface area (Å²) in [5, 5.41) is 7.61. The Labute approximate surface area is 163 Å². The lowest BCUT2D eigenvalue weighted by atomic mass is 9.79. The Kier molecular flexibility index (Phi) is 6.25. The fourth-order valence-corrected chi connectivity index (χ4v) is 5.84. The van der Waals surface area contributed by atoms with Gasteiger partial charge in [-0.25, -0.2) is 0 Å². The number of likely N-dealkylation sites (N-methyl/N-ethyl adjacent to an activating group) is 2. The van der Waals surface area contributed by atoms with Crippen molar-refractivity contribution in [1.29, 1.82) is 0 Å². The van der Waals surface area contributed by atoms with Gasteiger partial charge < -0.3 is 20.4 Å². The summed E-state index contributed by atoms with van der Waals surface area (Å²) in [5.41, 5.74) is 0.872. The van der Waals surface area contributed by atoms with Crippen LogP contribution in [0, 0.1) is 0 Å². The molecule has 0 saturated carbocycles. The minimum Gasteiger partial charge on any atom is -0.307 e. The molecule has 2 fully saturated rings. The first-order valence-electron chi connectivity index (χ1n) is 10.6. The lowest BCUT2D eigenvalue weighted by Gasteiger charge is -2.50. The van der Waals surface area contributed by atoms with Crippen molar-refractivity contribution in [2.45, 2.75) is 115 Å². The van der Waals surface area contributed by atoms with E-state index in [0.717, 1.165) is 13.1 Å². The van der Waals surface area contributed by atoms with E-state index in [2.05, 4.69) is 89.9 Å². The highest BCUT2D eigenvalue weighted by Crippen LogP contribution is 2.32. The van der Waals surface area contributed by atoms with Crippen LogP contribution in [0.4, 0.5) is 0 Å². The molecule has 4 nitrogen and oxygen atoms in total. The third kappa shape index (κ3) is 6.19. The fraction of sp³-hybridized carbons (Fsp3) is 1.00. The Hall–Kier alpha value is -0.160. The zero-order chi connectivity index (χ0) is 20.0. The molecular weight excluding hydrogens is 320 g/mol. The van der Waals surface area contributed by atoms with Crippen LogP contribution in [0.25, 0.3) is 0 Å². The summed E-state index contributed by atoms with van der Waals surface area (Å²) in [6, 6.07) is 1.33. The van der Waals surface area contributed by atoms with Crippen molar-refractivity contribution < 1.29 is 0 Å². The molecule has 2 saturated heterocycles. The van der Waals surface area contributed by atoms with Gasteiger partial charge in [-0.2, -0.15) is 0 Å². The van der Waals surface area contributed by atoms with Crippen LogP contribution in [0.2, 0.25) is 0 Å². The number of hydrogen-bond donors (Lipinski definition) is 2. The number of nitrogens with one attached hydrogen (secondary N) is 2. The Morgan fingerprint density at radius 2 is 0.808 bits per heavy atom. The maximum absolute atomic E-state index is 3.81. The summed E-state index contributed by atoms with van der Waals surface area (Å²) in [4.78, 5) is 5.22. The van der Waals surface area contributed by atoms with E-state index in [1.807, 2.05) is 0 Å². The highest BCUT2D eigenvalue weighted by Gasteiger charge is 2.40. The van der Waals surface area contributed by atoms with Crippen molar-refractivity contribution >= 4 is 0 Å². The molecule has 2 aliphatic heterocycles. The smallest absolute Gasteiger partial charge is 0.0145 e. The molecule has 2 N–H and O–H groups in total. The Balaban J connectivity index is 1.91. The lowest BCUT2D eigenvalue weighted by molar-refractivity contribution is 0.0544. The van der Waals surface area contributed by atoms with Gasteiger partial charge in [0, 0.05) is 47.3 Å². The van der Waals surface area contributed by atoms with Crippen LogP contribution in [0.3, 0.4) is 0 Å². The Morgan fingerprint density at radius 3 is 1.04 bits per heavy atom. The monoisotopic (exact) mass is 366 g/mol. The molecule has 0 aromatic carbocycles. The van der Waals surface area contributed by atoms with Crippen LogP contribution >= 0.6 is 0 Å². The molecule has 0 amide bonds. The summed E-state index contributed by atoms with van der Waals surface area (Å²) >= 11 is 0. The molecule has 0 atom stereocenters. The normalized spacial score (nSPS) is 28.6. The molecule has 0 unspecified atom stereocenters. The molecule has 0 aromatic rings. The zero-order valence-electron chi connectivity index (χ0n) is 19.3. The average molecular weight is 367 g/mol. The molecule has 0 radical (unpaired) electrons. The van der Waals surface area contributed by atoms with E-state index in [9.17, 15) is 0 Å². The summed E-state index contributed by atoms with van der Waals surface area (Å²) in [6.07, 6.45) is 4.90. The maximum atomic E-state index is 3.81. The van der Waals surface area contributed by atoms with E-state index in [1.54, 1.807) is 0 Å². The highest BCUT2D eigenvalue weighted by molar-refractivity contribution is 5.01. The molecule has 26 heavy (non-hydrogen) atoms. The van der Waals surface area contributed by atoms with Crippen molar-refractivity contribution in [2.75, 3.05) is 27.2 Å². The SMILES string of the molecule is CN(CCN(C)C1CC(C)(C)NC(C)(C)C1)C1CC(C)(C)NC(C)(C)C1. The second kappa shape index (κ2) is 7.35. The van der Waals surface area contributed by atoms with Crippen molar-refractivity contribution in [3.8, 4) is 0 Å². The zero-order valence-corrected chi connectivity index (χ0v) is 19.3. The Bertz CT molecular complexity index is 405. The Morgan fingerprint density at radius 1 is 0.577 bits per heavy atom. The second-order valence-electron chi connectivity index (χ2n) is 11.9. The predicted molar refractivity (Wildman–Crippen MR) is 114 cm³/mol. The standard InChI is InChI=1S/C22H46N4/c1-19(2)13-17(14-20(3,4)23-19)25(9)11-12-26(10)18-15-21(5,6)24-22(7,8)16-18/h17-18,23-24H,11-16H2,1-10H3. The summed E-state index contributed by atoms with van der Waals surface area (Å²) in [7, 11) is 4.65. The van der Waals surface area contributed by atoms with Gasteiger partial charge in [0.2, 0.25) is 0 Å². The van der Waals surface area contributed by atoms with Crippen LogP contribution in [0.5, 0.6) is 0 Å². The summed E-state index contributed by atoms with van der Waals surface area (Å²) in [5.74, 6) is 0. The van der Waals surface area contributed by atoms with Crippen LogP contribution in [0.1, 0.15) is 81.1 Å². The van der Waals surface area contributed by atoms with Gasteiger partial charge in [0.25, 0.3) is 0 Å². The third-order valence-electron chi connectivity index (χ3n) is 6.39. The molecule has 0 spiro atoms. The van der Waals surface area contributed by atoms with E-state index in [1.165, 1.54) is 25.7 Å². The van der Waals surface area contributed by atoms with Crippen LogP contribution in [-0.4, -0.2) is 71.2 Å². The minimum atomic E-state index is 0.218. The minimum absolute atomic E-state index is 0.218. The maximum Gasteiger partial charge on any atom is 0.0145 e. The topological polar surface area (TPSA) is 30.5 Å². The first kappa shape index (κ1) is 22.1. The quantitative estimate of drug-likeness (QED) is 0.780. The van der Waals surface area contributed by atoms with Crippen molar-refractivity contribution in [2.24, 2.45) is 0 Å². The van der Waals surface area contributed by atoms with E-state index in [4.69, 9.17) is 0 Å². The van der Waals surface area contributed by atoms with E-state index in [-0.39, 0.29) is 22.2 Å². The molecule has 2 rings (SSSR count). The van der Waals surface area contributed by atoms with Gasteiger partial charge in [-0.05, 0) is 95.2 Å². The van der Waals surface area contributed by atoms with Gasteiger partial charge in [-0.15, -0.1) is 0 Å². The van der Waals surface area contributed by atoms with Crippen molar-refractivity contribution in [1.82, 2.24) is 20.4 Å². The molecular formula is C22H46N4. The average Bonchev–Trinajstić information content (AvgIpc) is 2.37. The third-order valence-corrected chi connectivity index (χ3v) is 6.39. The molecule has 154 valence electrons. The van der Waals surface area contributed by atoms with Crippen LogP contribution < -0.4 is 10.6 Å². The lowest BCUT2D eigenvalue weighted by Crippen LogP contribution is -2.63. The van der Waals surface area contributed by atoms with Crippen molar-refractivity contribution in [3.63, 3.8) is 0 Å². The van der Waals surface area contributed by atoms with Crippen molar-refractivity contribution in [3.05, 3.63) is 0 Å². The second-order valence-corrected chi connectivity index (χ2v) is 11.9. The van der Waals surface area contributed by atoms with Crippen LogP contribution in [0.15, 0.2) is 0 Å². The molecule has 0 bridgehead atoms. The number of piperidine rings is 2. The fourth-order valence-electron chi connectivity index (χ4n) is 5.84. The summed E-state index contributed by atoms with van der Waals surface area (Å²) in [6.45, 7) is 21.1. The first-order valence-corrected chi connectivity index (χ1v) is 10.6. The number of rotatable bonds is 5. The predicted octanol–water partition coefficient (Wildman–Crippen LogP) is 3.47. The van der Waals surface area contributed by atoms with E-state index in [0.29, 0.717) is 12.1 Å². The highest BCUT2D eigenvalue weighted by atomic mass is 15.2. The van der Waals surface area contributed by atoms with Crippen LogP contribution in [-0.2, 0) is 0 Å². The van der Waals surface area contributed by atoms with Gasteiger partial charge in [-0.3, -0.25) is 0 Å². The van der Waals surface area contributed by atoms with E-state index < -0.39 is 0 Å².